The van der Waals surface area contributed by atoms with Crippen LogP contribution < -0.4 is 10.6 Å². The lowest BCUT2D eigenvalue weighted by atomic mass is 10.1. The molecule has 0 aromatic heterocycles. The fourth-order valence-electron chi connectivity index (χ4n) is 1.95. The zero-order valence-electron chi connectivity index (χ0n) is 12.8. The van der Waals surface area contributed by atoms with Gasteiger partial charge < -0.3 is 15.4 Å². The number of carbonyl (C=O) groups excluding carboxylic acids is 2. The number of benzene rings is 1. The Labute approximate surface area is 137 Å². The molecule has 0 atom stereocenters. The second-order valence-corrected chi connectivity index (χ2v) is 5.27. The molecule has 22 heavy (non-hydrogen) atoms. The molecule has 6 heteroatoms. The van der Waals surface area contributed by atoms with Crippen molar-refractivity contribution in [3.8, 4) is 0 Å². The topological polar surface area (TPSA) is 67.4 Å². The molecule has 1 aliphatic carbocycles. The number of carbonyl (C=O) groups is 2. The van der Waals surface area contributed by atoms with Crippen LogP contribution in [-0.4, -0.2) is 31.6 Å². The molecule has 0 radical (unpaired) electrons. The number of halogens is 1. The van der Waals surface area contributed by atoms with Crippen molar-refractivity contribution in [1.29, 1.82) is 0 Å². The van der Waals surface area contributed by atoms with Crippen LogP contribution in [0.1, 0.15) is 35.7 Å². The number of nitrogens with one attached hydrogen (secondary N) is 2. The molecule has 2 N–H and O–H groups in total. The van der Waals surface area contributed by atoms with Gasteiger partial charge in [0.15, 0.2) is 0 Å². The molecule has 0 heterocycles. The van der Waals surface area contributed by atoms with Crippen LogP contribution in [0.3, 0.4) is 0 Å². The molecule has 0 spiro atoms. The van der Waals surface area contributed by atoms with Gasteiger partial charge in [0.1, 0.15) is 0 Å². The minimum atomic E-state index is -0.322. The van der Waals surface area contributed by atoms with E-state index in [-0.39, 0.29) is 24.3 Å². The van der Waals surface area contributed by atoms with Crippen molar-refractivity contribution in [2.75, 3.05) is 19.7 Å². The van der Waals surface area contributed by atoms with Gasteiger partial charge in [0.05, 0.1) is 18.7 Å². The summed E-state index contributed by atoms with van der Waals surface area (Å²) < 4.78 is 4.92. The average molecular weight is 327 g/mol. The highest BCUT2D eigenvalue weighted by Crippen LogP contribution is 2.27. The van der Waals surface area contributed by atoms with Gasteiger partial charge in [-0.3, -0.25) is 4.79 Å². The molecule has 1 fully saturated rings. The van der Waals surface area contributed by atoms with Gasteiger partial charge in [0.25, 0.3) is 0 Å². The summed E-state index contributed by atoms with van der Waals surface area (Å²) in [7, 11) is 0. The zero-order valence-corrected chi connectivity index (χ0v) is 13.6. The molecule has 1 aromatic carbocycles. The fraction of sp³-hybridized carbons (Fsp3) is 0.500. The van der Waals surface area contributed by atoms with E-state index in [0.29, 0.717) is 25.3 Å². The molecule has 0 bridgehead atoms. The van der Waals surface area contributed by atoms with Crippen molar-refractivity contribution in [2.45, 2.75) is 26.3 Å². The Balaban J connectivity index is 0.00000242. The number of ether oxygens (including phenoxy) is 1. The lowest BCUT2D eigenvalue weighted by molar-refractivity contribution is -0.120. The fourth-order valence-corrected chi connectivity index (χ4v) is 1.95. The van der Waals surface area contributed by atoms with E-state index in [9.17, 15) is 9.59 Å². The van der Waals surface area contributed by atoms with Crippen molar-refractivity contribution in [3.05, 3.63) is 35.4 Å². The lowest BCUT2D eigenvalue weighted by Crippen LogP contribution is -2.34. The first-order chi connectivity index (χ1) is 10.2. The van der Waals surface area contributed by atoms with Crippen molar-refractivity contribution in [1.82, 2.24) is 10.6 Å². The van der Waals surface area contributed by atoms with Gasteiger partial charge in [0, 0.05) is 6.54 Å². The summed E-state index contributed by atoms with van der Waals surface area (Å²) in [4.78, 5) is 23.1. The van der Waals surface area contributed by atoms with E-state index in [1.807, 2.05) is 12.1 Å². The Morgan fingerprint density at radius 1 is 1.23 bits per heavy atom. The summed E-state index contributed by atoms with van der Waals surface area (Å²) in [6.45, 7) is 3.90. The van der Waals surface area contributed by atoms with Crippen LogP contribution in [0.25, 0.3) is 0 Å². The highest BCUT2D eigenvalue weighted by molar-refractivity contribution is 5.89. The number of rotatable bonds is 8. The Kier molecular flexibility index (Phi) is 7.91. The average Bonchev–Trinajstić information content (AvgIpc) is 3.30. The predicted molar refractivity (Wildman–Crippen MR) is 87.1 cm³/mol. The standard InChI is InChI=1S/C16H22N2O3.ClH/c1-2-21-16(20)14-7-5-13(6-8-14)10-18-15(19)11-17-9-12-3-4-12;/h5-8,12,17H,2-4,9-11H2,1H3,(H,18,19);1H. The van der Waals surface area contributed by atoms with E-state index in [4.69, 9.17) is 4.74 Å². The normalized spacial score (nSPS) is 13.1. The number of hydrogen-bond acceptors (Lipinski definition) is 4. The molecule has 5 nitrogen and oxygen atoms in total. The third kappa shape index (κ3) is 6.45. The minimum Gasteiger partial charge on any atom is -0.462 e. The molecule has 2 rings (SSSR count). The Morgan fingerprint density at radius 2 is 1.91 bits per heavy atom. The van der Waals surface area contributed by atoms with Crippen molar-refractivity contribution in [2.24, 2.45) is 5.92 Å². The third-order valence-electron chi connectivity index (χ3n) is 3.37. The number of hydrogen-bond donors (Lipinski definition) is 2. The van der Waals surface area contributed by atoms with Gasteiger partial charge in [-0.2, -0.15) is 0 Å². The van der Waals surface area contributed by atoms with Gasteiger partial charge >= 0.3 is 5.97 Å². The summed E-state index contributed by atoms with van der Waals surface area (Å²) in [6, 6.07) is 7.07. The Hall–Kier alpha value is -1.59. The van der Waals surface area contributed by atoms with E-state index < -0.39 is 0 Å². The second kappa shape index (κ2) is 9.43. The van der Waals surface area contributed by atoms with Crippen LogP contribution in [0.4, 0.5) is 0 Å². The summed E-state index contributed by atoms with van der Waals surface area (Å²) in [5, 5.41) is 6.00. The monoisotopic (exact) mass is 326 g/mol. The maximum absolute atomic E-state index is 11.6. The van der Waals surface area contributed by atoms with Crippen molar-refractivity contribution in [3.63, 3.8) is 0 Å². The highest BCUT2D eigenvalue weighted by atomic mass is 35.5. The van der Waals surface area contributed by atoms with E-state index in [1.54, 1.807) is 19.1 Å². The smallest absolute Gasteiger partial charge is 0.338 e. The van der Waals surface area contributed by atoms with Crippen LogP contribution in [-0.2, 0) is 16.1 Å². The first kappa shape index (κ1) is 18.5. The SMILES string of the molecule is CCOC(=O)c1ccc(CNC(=O)CNCC2CC2)cc1.Cl. The zero-order chi connectivity index (χ0) is 15.1. The van der Waals surface area contributed by atoms with Crippen LogP contribution >= 0.6 is 12.4 Å². The van der Waals surface area contributed by atoms with Gasteiger partial charge in [-0.05, 0) is 49.9 Å². The quantitative estimate of drug-likeness (QED) is 0.716. The third-order valence-corrected chi connectivity index (χ3v) is 3.37. The first-order valence-electron chi connectivity index (χ1n) is 7.42. The summed E-state index contributed by atoms with van der Waals surface area (Å²) in [5.74, 6) is 0.440. The van der Waals surface area contributed by atoms with Crippen LogP contribution in [0, 0.1) is 5.92 Å². The summed E-state index contributed by atoms with van der Waals surface area (Å²) in [5.41, 5.74) is 1.48. The molecule has 1 saturated carbocycles. The minimum absolute atomic E-state index is 0. The predicted octanol–water partition coefficient (Wildman–Crippen LogP) is 1.90. The summed E-state index contributed by atoms with van der Waals surface area (Å²) >= 11 is 0. The first-order valence-corrected chi connectivity index (χ1v) is 7.42. The number of esters is 1. The van der Waals surface area contributed by atoms with Crippen molar-refractivity contribution >= 4 is 24.3 Å². The largest absolute Gasteiger partial charge is 0.462 e. The molecule has 1 amide bonds. The van der Waals surface area contributed by atoms with Crippen LogP contribution in [0.5, 0.6) is 0 Å². The van der Waals surface area contributed by atoms with E-state index in [0.717, 1.165) is 18.0 Å². The molecular formula is C16H23ClN2O3. The van der Waals surface area contributed by atoms with Gasteiger partial charge in [-0.25, -0.2) is 4.79 Å². The Morgan fingerprint density at radius 3 is 2.50 bits per heavy atom. The van der Waals surface area contributed by atoms with E-state index in [2.05, 4.69) is 10.6 Å². The second-order valence-electron chi connectivity index (χ2n) is 5.27. The molecule has 0 aliphatic heterocycles. The summed E-state index contributed by atoms with van der Waals surface area (Å²) in [6.07, 6.45) is 2.56. The van der Waals surface area contributed by atoms with Crippen LogP contribution in [0.15, 0.2) is 24.3 Å². The molecule has 0 saturated heterocycles. The van der Waals surface area contributed by atoms with Gasteiger partial charge in [-0.1, -0.05) is 12.1 Å². The maximum atomic E-state index is 11.6. The Bertz CT molecular complexity index is 487. The van der Waals surface area contributed by atoms with Gasteiger partial charge in [0.2, 0.25) is 5.91 Å². The lowest BCUT2D eigenvalue weighted by Gasteiger charge is -2.07. The van der Waals surface area contributed by atoms with Crippen LogP contribution in [0.2, 0.25) is 0 Å². The molecular weight excluding hydrogens is 304 g/mol. The molecule has 0 unspecified atom stereocenters. The molecule has 1 aliphatic rings. The molecule has 122 valence electrons. The van der Waals surface area contributed by atoms with Gasteiger partial charge in [-0.15, -0.1) is 12.4 Å². The molecule has 1 aromatic rings. The van der Waals surface area contributed by atoms with Crippen molar-refractivity contribution < 1.29 is 14.3 Å². The maximum Gasteiger partial charge on any atom is 0.338 e. The van der Waals surface area contributed by atoms with E-state index in [1.165, 1.54) is 12.8 Å². The number of amides is 1. The highest BCUT2D eigenvalue weighted by Gasteiger charge is 2.20. The van der Waals surface area contributed by atoms with E-state index >= 15 is 0 Å².